The number of ether oxygens (including phenoxy) is 1. The maximum atomic E-state index is 13.1. The number of hydrogen-bond acceptors (Lipinski definition) is 6. The maximum absolute atomic E-state index is 13.1. The van der Waals surface area contributed by atoms with Gasteiger partial charge in [-0.1, -0.05) is 0 Å². The molecule has 0 amide bonds. The molecule has 2 aromatic heterocycles. The fourth-order valence-corrected chi connectivity index (χ4v) is 5.03. The van der Waals surface area contributed by atoms with Crippen LogP contribution in [0.15, 0.2) is 23.2 Å². The van der Waals surface area contributed by atoms with Crippen molar-refractivity contribution in [3.8, 4) is 5.88 Å². The summed E-state index contributed by atoms with van der Waals surface area (Å²) in [5, 5.41) is 12.0. The molecule has 2 aromatic rings. The zero-order chi connectivity index (χ0) is 18.2. The molecular weight excluding hydrogens is 342 g/mol. The van der Waals surface area contributed by atoms with Crippen LogP contribution in [0.1, 0.15) is 37.7 Å². The molecule has 8 nitrogen and oxygen atoms in total. The van der Waals surface area contributed by atoms with Gasteiger partial charge < -0.3 is 4.74 Å². The quantitative estimate of drug-likeness (QED) is 0.801. The minimum Gasteiger partial charge on any atom is -0.472 e. The summed E-state index contributed by atoms with van der Waals surface area (Å²) < 4.78 is 35.2. The van der Waals surface area contributed by atoms with E-state index in [9.17, 15) is 8.42 Å². The van der Waals surface area contributed by atoms with E-state index < -0.39 is 10.0 Å². The molecule has 136 valence electrons. The summed E-state index contributed by atoms with van der Waals surface area (Å²) >= 11 is 0. The molecule has 1 atom stereocenters. The van der Waals surface area contributed by atoms with Gasteiger partial charge in [0, 0.05) is 24.8 Å². The van der Waals surface area contributed by atoms with E-state index in [0.717, 1.165) is 0 Å². The van der Waals surface area contributed by atoms with Crippen molar-refractivity contribution < 1.29 is 13.2 Å². The van der Waals surface area contributed by atoms with Crippen molar-refractivity contribution in [1.82, 2.24) is 24.3 Å². The van der Waals surface area contributed by atoms with Gasteiger partial charge in [-0.15, -0.1) is 5.10 Å². The smallest absolute Gasteiger partial charge is 0.246 e. The lowest BCUT2D eigenvalue weighted by Crippen LogP contribution is -2.31. The van der Waals surface area contributed by atoms with Crippen LogP contribution in [-0.4, -0.2) is 51.9 Å². The summed E-state index contributed by atoms with van der Waals surface area (Å²) in [6.45, 7) is 8.22. The average molecular weight is 365 g/mol. The number of aryl methyl sites for hydroxylation is 1. The average Bonchev–Trinajstić information content (AvgIpc) is 3.13. The fourth-order valence-electron chi connectivity index (χ4n) is 3.19. The normalized spacial score (nSPS) is 18.8. The first-order valence-electron chi connectivity index (χ1n) is 8.31. The van der Waals surface area contributed by atoms with Gasteiger partial charge in [0.2, 0.25) is 15.9 Å². The molecule has 1 fully saturated rings. The van der Waals surface area contributed by atoms with E-state index in [1.807, 2.05) is 13.8 Å². The SMILES string of the molecule is Cc1nn(C(C)C)c(C)c1S(=O)(=O)N1CC[C@@H](Oc2cccnn2)C1. The molecule has 3 rings (SSSR count). The number of sulfonamides is 1. The zero-order valence-electron chi connectivity index (χ0n) is 14.9. The van der Waals surface area contributed by atoms with Gasteiger partial charge in [0.25, 0.3) is 0 Å². The van der Waals surface area contributed by atoms with Crippen LogP contribution in [0.25, 0.3) is 0 Å². The summed E-state index contributed by atoms with van der Waals surface area (Å²) in [5.41, 5.74) is 1.20. The van der Waals surface area contributed by atoms with Gasteiger partial charge in [-0.2, -0.15) is 14.5 Å². The Bertz CT molecular complexity index is 848. The highest BCUT2D eigenvalue weighted by Crippen LogP contribution is 2.28. The third-order valence-electron chi connectivity index (χ3n) is 4.29. The molecule has 0 unspecified atom stereocenters. The van der Waals surface area contributed by atoms with Crippen LogP contribution in [0.3, 0.4) is 0 Å². The molecule has 0 saturated carbocycles. The summed E-state index contributed by atoms with van der Waals surface area (Å²) in [5.74, 6) is 0.409. The molecule has 1 aliphatic heterocycles. The van der Waals surface area contributed by atoms with Gasteiger partial charge in [0.1, 0.15) is 11.0 Å². The van der Waals surface area contributed by atoms with Gasteiger partial charge >= 0.3 is 0 Å². The predicted molar refractivity (Wildman–Crippen MR) is 91.9 cm³/mol. The fraction of sp³-hybridized carbons (Fsp3) is 0.562. The Labute approximate surface area is 147 Å². The Balaban J connectivity index is 1.80. The zero-order valence-corrected chi connectivity index (χ0v) is 15.7. The molecule has 9 heteroatoms. The van der Waals surface area contributed by atoms with Crippen molar-refractivity contribution in [2.45, 2.75) is 51.2 Å². The minimum absolute atomic E-state index is 0.106. The summed E-state index contributed by atoms with van der Waals surface area (Å²) in [4.78, 5) is 0.307. The largest absolute Gasteiger partial charge is 0.472 e. The standard InChI is InChI=1S/C16H23N5O3S/c1-11(2)21-13(4)16(12(3)19-21)25(22,23)20-9-7-14(10-20)24-15-6-5-8-17-18-15/h5-6,8,11,14H,7,9-10H2,1-4H3/t14-/m1/s1. The highest BCUT2D eigenvalue weighted by molar-refractivity contribution is 7.89. The van der Waals surface area contributed by atoms with Gasteiger partial charge in [-0.05, 0) is 40.2 Å². The highest BCUT2D eigenvalue weighted by atomic mass is 32.2. The van der Waals surface area contributed by atoms with Crippen LogP contribution in [-0.2, 0) is 10.0 Å². The van der Waals surface area contributed by atoms with Crippen molar-refractivity contribution >= 4 is 10.0 Å². The monoisotopic (exact) mass is 365 g/mol. The molecule has 3 heterocycles. The van der Waals surface area contributed by atoms with Crippen LogP contribution in [0, 0.1) is 13.8 Å². The van der Waals surface area contributed by atoms with E-state index in [1.165, 1.54) is 4.31 Å². The number of nitrogens with zero attached hydrogens (tertiary/aromatic N) is 5. The Hall–Kier alpha value is -2.00. The van der Waals surface area contributed by atoms with Gasteiger partial charge in [0.15, 0.2) is 0 Å². The second-order valence-corrected chi connectivity index (χ2v) is 8.37. The van der Waals surface area contributed by atoms with Gasteiger partial charge in [-0.3, -0.25) is 4.68 Å². The van der Waals surface area contributed by atoms with Gasteiger partial charge in [-0.25, -0.2) is 8.42 Å². The third-order valence-corrected chi connectivity index (χ3v) is 6.41. The second kappa shape index (κ2) is 6.72. The van der Waals surface area contributed by atoms with E-state index in [4.69, 9.17) is 4.74 Å². The van der Waals surface area contributed by atoms with E-state index in [-0.39, 0.29) is 12.1 Å². The molecule has 1 aliphatic rings. The van der Waals surface area contributed by atoms with E-state index in [2.05, 4.69) is 15.3 Å². The predicted octanol–water partition coefficient (Wildman–Crippen LogP) is 1.71. The third kappa shape index (κ3) is 3.38. The molecular formula is C16H23N5O3S. The Kier molecular flexibility index (Phi) is 4.79. The molecule has 0 aliphatic carbocycles. The summed E-state index contributed by atoms with van der Waals surface area (Å²) in [7, 11) is -3.60. The van der Waals surface area contributed by atoms with Gasteiger partial charge in [0.05, 0.1) is 17.9 Å². The Morgan fingerprint density at radius 1 is 1.32 bits per heavy atom. The number of hydrogen-bond donors (Lipinski definition) is 0. The lowest BCUT2D eigenvalue weighted by molar-refractivity contribution is 0.204. The number of aromatic nitrogens is 4. The second-order valence-electron chi connectivity index (χ2n) is 6.49. The molecule has 0 aromatic carbocycles. The first-order valence-corrected chi connectivity index (χ1v) is 9.75. The van der Waals surface area contributed by atoms with Crippen molar-refractivity contribution in [3.63, 3.8) is 0 Å². The van der Waals surface area contributed by atoms with Crippen molar-refractivity contribution in [1.29, 1.82) is 0 Å². The van der Waals surface area contributed by atoms with Crippen molar-refractivity contribution in [2.24, 2.45) is 0 Å². The summed E-state index contributed by atoms with van der Waals surface area (Å²) in [6.07, 6.45) is 1.95. The molecule has 0 N–H and O–H groups in total. The highest BCUT2D eigenvalue weighted by Gasteiger charge is 2.37. The molecule has 0 radical (unpaired) electrons. The van der Waals surface area contributed by atoms with Crippen LogP contribution in [0.5, 0.6) is 5.88 Å². The summed E-state index contributed by atoms with van der Waals surface area (Å²) in [6, 6.07) is 3.55. The van der Waals surface area contributed by atoms with E-state index in [0.29, 0.717) is 41.7 Å². The van der Waals surface area contributed by atoms with E-state index >= 15 is 0 Å². The lowest BCUT2D eigenvalue weighted by atomic mass is 10.3. The van der Waals surface area contributed by atoms with Crippen LogP contribution < -0.4 is 4.74 Å². The minimum atomic E-state index is -3.60. The van der Waals surface area contributed by atoms with Crippen LogP contribution >= 0.6 is 0 Å². The first-order chi connectivity index (χ1) is 11.8. The van der Waals surface area contributed by atoms with Crippen molar-refractivity contribution in [3.05, 3.63) is 29.7 Å². The Morgan fingerprint density at radius 3 is 2.68 bits per heavy atom. The number of rotatable bonds is 5. The molecule has 1 saturated heterocycles. The van der Waals surface area contributed by atoms with Crippen LogP contribution in [0.4, 0.5) is 0 Å². The molecule has 25 heavy (non-hydrogen) atoms. The topological polar surface area (TPSA) is 90.2 Å². The Morgan fingerprint density at radius 2 is 2.08 bits per heavy atom. The first kappa shape index (κ1) is 17.8. The molecule has 0 spiro atoms. The maximum Gasteiger partial charge on any atom is 0.246 e. The van der Waals surface area contributed by atoms with Crippen molar-refractivity contribution in [2.75, 3.05) is 13.1 Å². The lowest BCUT2D eigenvalue weighted by Gasteiger charge is -2.17. The molecule has 0 bridgehead atoms. The van der Waals surface area contributed by atoms with E-state index in [1.54, 1.807) is 36.9 Å². The van der Waals surface area contributed by atoms with Crippen LogP contribution in [0.2, 0.25) is 0 Å².